The standard InChI is InChI=1S/C13H11NO2S/c14-12-8-10(6-7-11(12)13(15)16)17-9-4-2-1-3-5-9/h1-8H,14H2,(H,15,16). The molecule has 3 N–H and O–H groups in total. The highest BCUT2D eigenvalue weighted by Gasteiger charge is 2.08. The molecule has 3 nitrogen and oxygen atoms in total. The van der Waals surface area contributed by atoms with E-state index in [-0.39, 0.29) is 5.56 Å². The largest absolute Gasteiger partial charge is 0.478 e. The van der Waals surface area contributed by atoms with Gasteiger partial charge in [0.1, 0.15) is 0 Å². The van der Waals surface area contributed by atoms with Crippen LogP contribution in [-0.4, -0.2) is 11.1 Å². The summed E-state index contributed by atoms with van der Waals surface area (Å²) in [7, 11) is 0. The van der Waals surface area contributed by atoms with Crippen molar-refractivity contribution in [1.82, 2.24) is 0 Å². The maximum Gasteiger partial charge on any atom is 0.337 e. The van der Waals surface area contributed by atoms with E-state index < -0.39 is 5.97 Å². The molecule has 17 heavy (non-hydrogen) atoms. The molecule has 0 amide bonds. The monoisotopic (exact) mass is 245 g/mol. The molecule has 2 aromatic rings. The molecule has 0 fully saturated rings. The SMILES string of the molecule is Nc1cc(Sc2ccccc2)ccc1C(=O)O. The molecular formula is C13H11NO2S. The van der Waals surface area contributed by atoms with Crippen molar-refractivity contribution in [2.24, 2.45) is 0 Å². The second kappa shape index (κ2) is 4.93. The van der Waals surface area contributed by atoms with Crippen molar-refractivity contribution in [3.63, 3.8) is 0 Å². The summed E-state index contributed by atoms with van der Waals surface area (Å²) in [6.45, 7) is 0. The van der Waals surface area contributed by atoms with Crippen molar-refractivity contribution in [2.75, 3.05) is 5.73 Å². The van der Waals surface area contributed by atoms with Gasteiger partial charge in [0.25, 0.3) is 0 Å². The second-order valence-electron chi connectivity index (χ2n) is 3.47. The molecule has 0 radical (unpaired) electrons. The summed E-state index contributed by atoms with van der Waals surface area (Å²) >= 11 is 1.55. The summed E-state index contributed by atoms with van der Waals surface area (Å²) in [6.07, 6.45) is 0. The minimum atomic E-state index is -1.00. The van der Waals surface area contributed by atoms with Gasteiger partial charge in [0.15, 0.2) is 0 Å². The van der Waals surface area contributed by atoms with Crippen molar-refractivity contribution < 1.29 is 9.90 Å². The lowest BCUT2D eigenvalue weighted by Crippen LogP contribution is -2.01. The number of hydrogen-bond donors (Lipinski definition) is 2. The predicted molar refractivity (Wildman–Crippen MR) is 68.4 cm³/mol. The third kappa shape index (κ3) is 2.79. The summed E-state index contributed by atoms with van der Waals surface area (Å²) < 4.78 is 0. The predicted octanol–water partition coefficient (Wildman–Crippen LogP) is 3.12. The lowest BCUT2D eigenvalue weighted by atomic mass is 10.2. The Balaban J connectivity index is 2.24. The highest BCUT2D eigenvalue weighted by molar-refractivity contribution is 7.99. The van der Waals surface area contributed by atoms with E-state index in [0.29, 0.717) is 5.69 Å². The molecule has 0 aromatic heterocycles. The van der Waals surface area contributed by atoms with Crippen LogP contribution in [0.4, 0.5) is 5.69 Å². The maximum absolute atomic E-state index is 10.8. The van der Waals surface area contributed by atoms with Gasteiger partial charge in [0.05, 0.1) is 5.56 Å². The molecule has 0 bridgehead atoms. The highest BCUT2D eigenvalue weighted by Crippen LogP contribution is 2.29. The lowest BCUT2D eigenvalue weighted by molar-refractivity contribution is 0.0698. The Morgan fingerprint density at radius 2 is 1.76 bits per heavy atom. The summed E-state index contributed by atoms with van der Waals surface area (Å²) in [5.41, 5.74) is 6.11. The van der Waals surface area contributed by atoms with Crippen LogP contribution in [0.25, 0.3) is 0 Å². The number of rotatable bonds is 3. The van der Waals surface area contributed by atoms with Crippen molar-refractivity contribution >= 4 is 23.4 Å². The number of nitrogen functional groups attached to an aromatic ring is 1. The molecule has 2 rings (SSSR count). The Morgan fingerprint density at radius 3 is 2.35 bits per heavy atom. The minimum Gasteiger partial charge on any atom is -0.478 e. The van der Waals surface area contributed by atoms with E-state index in [2.05, 4.69) is 0 Å². The fourth-order valence-corrected chi connectivity index (χ4v) is 2.31. The van der Waals surface area contributed by atoms with E-state index in [0.717, 1.165) is 9.79 Å². The first-order chi connectivity index (χ1) is 8.16. The van der Waals surface area contributed by atoms with E-state index in [1.165, 1.54) is 6.07 Å². The minimum absolute atomic E-state index is 0.141. The molecule has 0 saturated carbocycles. The van der Waals surface area contributed by atoms with Gasteiger partial charge in [-0.1, -0.05) is 30.0 Å². The van der Waals surface area contributed by atoms with Gasteiger partial charge in [-0.05, 0) is 30.3 Å². The smallest absolute Gasteiger partial charge is 0.337 e. The first-order valence-electron chi connectivity index (χ1n) is 5.02. The fraction of sp³-hybridized carbons (Fsp3) is 0. The molecule has 0 saturated heterocycles. The van der Waals surface area contributed by atoms with Gasteiger partial charge in [0.2, 0.25) is 0 Å². The van der Waals surface area contributed by atoms with E-state index in [9.17, 15) is 4.79 Å². The van der Waals surface area contributed by atoms with Crippen LogP contribution >= 0.6 is 11.8 Å². The van der Waals surface area contributed by atoms with Crippen LogP contribution < -0.4 is 5.73 Å². The van der Waals surface area contributed by atoms with Crippen molar-refractivity contribution in [2.45, 2.75) is 9.79 Å². The number of aromatic carboxylic acids is 1. The number of carboxylic acid groups (broad SMARTS) is 1. The zero-order valence-electron chi connectivity index (χ0n) is 8.96. The molecule has 0 aliphatic rings. The van der Waals surface area contributed by atoms with Crippen LogP contribution in [0.1, 0.15) is 10.4 Å². The Morgan fingerprint density at radius 1 is 1.06 bits per heavy atom. The number of nitrogens with two attached hydrogens (primary N) is 1. The van der Waals surface area contributed by atoms with Crippen LogP contribution in [0.2, 0.25) is 0 Å². The number of hydrogen-bond acceptors (Lipinski definition) is 3. The quantitative estimate of drug-likeness (QED) is 0.815. The van der Waals surface area contributed by atoms with Crippen molar-refractivity contribution in [1.29, 1.82) is 0 Å². The van der Waals surface area contributed by atoms with E-state index >= 15 is 0 Å². The van der Waals surface area contributed by atoms with Crippen LogP contribution in [0.5, 0.6) is 0 Å². The third-order valence-electron chi connectivity index (χ3n) is 2.23. The normalized spacial score (nSPS) is 10.1. The Bertz CT molecular complexity index is 540. The van der Waals surface area contributed by atoms with Gasteiger partial charge in [-0.2, -0.15) is 0 Å². The first kappa shape index (κ1) is 11.5. The van der Waals surface area contributed by atoms with Gasteiger partial charge in [-0.15, -0.1) is 0 Å². The summed E-state index contributed by atoms with van der Waals surface area (Å²) in [4.78, 5) is 12.8. The average Bonchev–Trinajstić information content (AvgIpc) is 2.30. The molecule has 0 spiro atoms. The molecule has 2 aromatic carbocycles. The van der Waals surface area contributed by atoms with Crippen LogP contribution in [-0.2, 0) is 0 Å². The van der Waals surface area contributed by atoms with Crippen LogP contribution in [0, 0.1) is 0 Å². The topological polar surface area (TPSA) is 63.3 Å². The zero-order valence-corrected chi connectivity index (χ0v) is 9.78. The molecule has 0 atom stereocenters. The average molecular weight is 245 g/mol. The highest BCUT2D eigenvalue weighted by atomic mass is 32.2. The van der Waals surface area contributed by atoms with Crippen LogP contribution in [0.3, 0.4) is 0 Å². The van der Waals surface area contributed by atoms with Gasteiger partial charge in [0, 0.05) is 15.5 Å². The Labute approximate surface area is 103 Å². The summed E-state index contributed by atoms with van der Waals surface area (Å²) in [5.74, 6) is -1.00. The number of carbonyl (C=O) groups is 1. The summed E-state index contributed by atoms with van der Waals surface area (Å²) in [6, 6.07) is 14.8. The van der Waals surface area contributed by atoms with E-state index in [4.69, 9.17) is 10.8 Å². The second-order valence-corrected chi connectivity index (χ2v) is 4.62. The first-order valence-corrected chi connectivity index (χ1v) is 5.84. The molecule has 0 unspecified atom stereocenters. The molecule has 4 heteroatoms. The molecule has 0 aliphatic carbocycles. The summed E-state index contributed by atoms with van der Waals surface area (Å²) in [5, 5.41) is 8.86. The number of benzene rings is 2. The van der Waals surface area contributed by atoms with Gasteiger partial charge in [-0.3, -0.25) is 0 Å². The Kier molecular flexibility index (Phi) is 3.35. The number of anilines is 1. The van der Waals surface area contributed by atoms with Gasteiger partial charge >= 0.3 is 5.97 Å². The number of carboxylic acids is 1. The maximum atomic E-state index is 10.8. The van der Waals surface area contributed by atoms with Crippen molar-refractivity contribution in [3.05, 3.63) is 54.1 Å². The third-order valence-corrected chi connectivity index (χ3v) is 3.23. The molecular weight excluding hydrogens is 234 g/mol. The molecule has 0 heterocycles. The Hall–Kier alpha value is -1.94. The van der Waals surface area contributed by atoms with Crippen LogP contribution in [0.15, 0.2) is 58.3 Å². The van der Waals surface area contributed by atoms with E-state index in [1.54, 1.807) is 23.9 Å². The van der Waals surface area contributed by atoms with E-state index in [1.807, 2.05) is 30.3 Å². The zero-order chi connectivity index (χ0) is 12.3. The molecule has 86 valence electrons. The lowest BCUT2D eigenvalue weighted by Gasteiger charge is -2.05. The van der Waals surface area contributed by atoms with Gasteiger partial charge in [-0.25, -0.2) is 4.79 Å². The van der Waals surface area contributed by atoms with Crippen molar-refractivity contribution in [3.8, 4) is 0 Å². The fourth-order valence-electron chi connectivity index (χ4n) is 1.42. The molecule has 0 aliphatic heterocycles. The van der Waals surface area contributed by atoms with Gasteiger partial charge < -0.3 is 10.8 Å².